The first-order chi connectivity index (χ1) is 13.9. The average molecular weight is 397 g/mol. The van der Waals surface area contributed by atoms with Crippen molar-refractivity contribution in [3.8, 4) is 5.75 Å². The standard InChI is InChI=1S/C22H27N3O4/c1-16(2)22(28)25(14-17-7-5-4-6-8-17)15-21(27)23-13-20(26)24-18-9-11-19(29-3)12-10-18/h4-12,16H,13-15H2,1-3H3,(H,23,27)(H,24,26). The molecule has 0 aliphatic heterocycles. The Kier molecular flexibility index (Phi) is 8.21. The zero-order valence-corrected chi connectivity index (χ0v) is 17.0. The maximum atomic E-state index is 12.5. The molecule has 29 heavy (non-hydrogen) atoms. The van der Waals surface area contributed by atoms with E-state index in [1.165, 1.54) is 4.90 Å². The summed E-state index contributed by atoms with van der Waals surface area (Å²) in [6, 6.07) is 16.4. The van der Waals surface area contributed by atoms with E-state index in [0.29, 0.717) is 18.0 Å². The number of carbonyl (C=O) groups excluding carboxylic acids is 3. The first-order valence-corrected chi connectivity index (χ1v) is 9.42. The number of hydrogen-bond donors (Lipinski definition) is 2. The van der Waals surface area contributed by atoms with Crippen LogP contribution in [0.1, 0.15) is 19.4 Å². The van der Waals surface area contributed by atoms with Crippen LogP contribution in [0.5, 0.6) is 5.75 Å². The summed E-state index contributed by atoms with van der Waals surface area (Å²) in [5.41, 5.74) is 1.54. The van der Waals surface area contributed by atoms with Crippen molar-refractivity contribution < 1.29 is 19.1 Å². The van der Waals surface area contributed by atoms with E-state index >= 15 is 0 Å². The number of benzene rings is 2. The third kappa shape index (κ3) is 7.29. The Hall–Kier alpha value is -3.35. The van der Waals surface area contributed by atoms with Crippen molar-refractivity contribution >= 4 is 23.4 Å². The van der Waals surface area contributed by atoms with Crippen molar-refractivity contribution in [3.63, 3.8) is 0 Å². The lowest BCUT2D eigenvalue weighted by atomic mass is 10.1. The number of nitrogens with one attached hydrogen (secondary N) is 2. The van der Waals surface area contributed by atoms with Gasteiger partial charge in [0, 0.05) is 18.2 Å². The van der Waals surface area contributed by atoms with Crippen LogP contribution in [0, 0.1) is 5.92 Å². The van der Waals surface area contributed by atoms with Crippen molar-refractivity contribution in [2.24, 2.45) is 5.92 Å². The molecule has 2 N–H and O–H groups in total. The number of hydrogen-bond acceptors (Lipinski definition) is 4. The van der Waals surface area contributed by atoms with Crippen LogP contribution in [0.2, 0.25) is 0 Å². The zero-order chi connectivity index (χ0) is 21.2. The molecule has 2 aromatic carbocycles. The topological polar surface area (TPSA) is 87.7 Å². The Bertz CT molecular complexity index is 820. The molecular formula is C22H27N3O4. The van der Waals surface area contributed by atoms with Crippen molar-refractivity contribution in [1.29, 1.82) is 0 Å². The molecule has 0 saturated carbocycles. The molecule has 0 aliphatic carbocycles. The number of amides is 3. The molecule has 0 fully saturated rings. The van der Waals surface area contributed by atoms with Crippen LogP contribution < -0.4 is 15.4 Å². The van der Waals surface area contributed by atoms with E-state index in [1.54, 1.807) is 45.2 Å². The lowest BCUT2D eigenvalue weighted by Crippen LogP contribution is -2.43. The predicted octanol–water partition coefficient (Wildman–Crippen LogP) is 2.43. The fourth-order valence-corrected chi connectivity index (χ4v) is 2.67. The van der Waals surface area contributed by atoms with Gasteiger partial charge < -0.3 is 20.3 Å². The summed E-state index contributed by atoms with van der Waals surface area (Å²) in [7, 11) is 1.56. The first kappa shape index (κ1) is 21.9. The molecule has 0 bridgehead atoms. The second-order valence-electron chi connectivity index (χ2n) is 6.89. The predicted molar refractivity (Wildman–Crippen MR) is 111 cm³/mol. The summed E-state index contributed by atoms with van der Waals surface area (Å²) in [4.78, 5) is 38.3. The molecule has 7 nitrogen and oxygen atoms in total. The van der Waals surface area contributed by atoms with E-state index in [4.69, 9.17) is 4.74 Å². The maximum absolute atomic E-state index is 12.5. The Morgan fingerprint density at radius 3 is 2.21 bits per heavy atom. The number of ether oxygens (including phenoxy) is 1. The van der Waals surface area contributed by atoms with E-state index in [1.807, 2.05) is 30.3 Å². The molecule has 7 heteroatoms. The molecule has 0 radical (unpaired) electrons. The van der Waals surface area contributed by atoms with Gasteiger partial charge in [0.05, 0.1) is 20.2 Å². The van der Waals surface area contributed by atoms with Gasteiger partial charge >= 0.3 is 0 Å². The number of rotatable bonds is 9. The first-order valence-electron chi connectivity index (χ1n) is 9.42. The van der Waals surface area contributed by atoms with Crippen molar-refractivity contribution in [2.45, 2.75) is 20.4 Å². The molecule has 0 aliphatic rings. The van der Waals surface area contributed by atoms with E-state index in [-0.39, 0.29) is 36.7 Å². The highest BCUT2D eigenvalue weighted by Gasteiger charge is 2.20. The minimum absolute atomic E-state index is 0.109. The van der Waals surface area contributed by atoms with Gasteiger partial charge in [-0.1, -0.05) is 44.2 Å². The summed E-state index contributed by atoms with van der Waals surface area (Å²) in [6.07, 6.45) is 0. The zero-order valence-electron chi connectivity index (χ0n) is 17.0. The molecule has 0 saturated heterocycles. The van der Waals surface area contributed by atoms with Crippen molar-refractivity contribution in [2.75, 3.05) is 25.5 Å². The summed E-state index contributed by atoms with van der Waals surface area (Å²) < 4.78 is 5.07. The van der Waals surface area contributed by atoms with Crippen LogP contribution in [0.4, 0.5) is 5.69 Å². The highest BCUT2D eigenvalue weighted by atomic mass is 16.5. The molecule has 154 valence electrons. The van der Waals surface area contributed by atoms with Gasteiger partial charge in [-0.3, -0.25) is 14.4 Å². The molecule has 0 aromatic heterocycles. The van der Waals surface area contributed by atoms with Gasteiger partial charge in [-0.15, -0.1) is 0 Å². The fraction of sp³-hybridized carbons (Fsp3) is 0.318. The number of carbonyl (C=O) groups is 3. The van der Waals surface area contributed by atoms with Crippen LogP contribution in [-0.2, 0) is 20.9 Å². The van der Waals surface area contributed by atoms with Crippen LogP contribution in [0.15, 0.2) is 54.6 Å². The summed E-state index contributed by atoms with van der Waals surface area (Å²) >= 11 is 0. The second-order valence-corrected chi connectivity index (χ2v) is 6.89. The van der Waals surface area contributed by atoms with Gasteiger partial charge in [-0.05, 0) is 29.8 Å². The Morgan fingerprint density at radius 1 is 0.966 bits per heavy atom. The second kappa shape index (κ2) is 10.8. The van der Waals surface area contributed by atoms with Crippen molar-refractivity contribution in [1.82, 2.24) is 10.2 Å². The number of nitrogens with zero attached hydrogens (tertiary/aromatic N) is 1. The number of anilines is 1. The third-order valence-corrected chi connectivity index (χ3v) is 4.18. The van der Waals surface area contributed by atoms with Gasteiger partial charge in [0.15, 0.2) is 0 Å². The fourth-order valence-electron chi connectivity index (χ4n) is 2.67. The molecule has 2 aromatic rings. The minimum Gasteiger partial charge on any atom is -0.497 e. The normalized spacial score (nSPS) is 10.3. The number of methoxy groups -OCH3 is 1. The van der Waals surface area contributed by atoms with Crippen LogP contribution in [-0.4, -0.2) is 42.8 Å². The van der Waals surface area contributed by atoms with E-state index in [0.717, 1.165) is 5.56 Å². The molecule has 0 atom stereocenters. The Labute approximate surface area is 171 Å². The minimum atomic E-state index is -0.389. The summed E-state index contributed by atoms with van der Waals surface area (Å²) in [5.74, 6) is -0.408. The Morgan fingerprint density at radius 2 is 1.62 bits per heavy atom. The van der Waals surface area contributed by atoms with Gasteiger partial charge in [0.2, 0.25) is 17.7 Å². The van der Waals surface area contributed by atoms with Gasteiger partial charge in [-0.25, -0.2) is 0 Å². The van der Waals surface area contributed by atoms with Crippen LogP contribution >= 0.6 is 0 Å². The molecule has 0 unspecified atom stereocenters. The third-order valence-electron chi connectivity index (χ3n) is 4.18. The summed E-state index contributed by atoms with van der Waals surface area (Å²) in [6.45, 7) is 3.63. The monoisotopic (exact) mass is 397 g/mol. The summed E-state index contributed by atoms with van der Waals surface area (Å²) in [5, 5.41) is 5.26. The van der Waals surface area contributed by atoms with Gasteiger partial charge in [-0.2, -0.15) is 0 Å². The smallest absolute Gasteiger partial charge is 0.243 e. The quantitative estimate of drug-likeness (QED) is 0.680. The molecular weight excluding hydrogens is 370 g/mol. The highest BCUT2D eigenvalue weighted by Crippen LogP contribution is 2.14. The lowest BCUT2D eigenvalue weighted by Gasteiger charge is -2.24. The van der Waals surface area contributed by atoms with E-state index in [9.17, 15) is 14.4 Å². The largest absolute Gasteiger partial charge is 0.497 e. The maximum Gasteiger partial charge on any atom is 0.243 e. The SMILES string of the molecule is COc1ccc(NC(=O)CNC(=O)CN(Cc2ccccc2)C(=O)C(C)C)cc1. The van der Waals surface area contributed by atoms with Gasteiger partial charge in [0.25, 0.3) is 0 Å². The highest BCUT2D eigenvalue weighted by molar-refractivity contribution is 5.95. The van der Waals surface area contributed by atoms with Crippen molar-refractivity contribution in [3.05, 3.63) is 60.2 Å². The lowest BCUT2D eigenvalue weighted by molar-refractivity contribution is -0.139. The van der Waals surface area contributed by atoms with E-state index in [2.05, 4.69) is 10.6 Å². The van der Waals surface area contributed by atoms with Gasteiger partial charge in [0.1, 0.15) is 5.75 Å². The Balaban J connectivity index is 1.87. The van der Waals surface area contributed by atoms with Crippen LogP contribution in [0.3, 0.4) is 0 Å². The van der Waals surface area contributed by atoms with Crippen LogP contribution in [0.25, 0.3) is 0 Å². The molecule has 0 heterocycles. The molecule has 2 rings (SSSR count). The van der Waals surface area contributed by atoms with E-state index < -0.39 is 0 Å². The molecule has 3 amide bonds. The average Bonchev–Trinajstić information content (AvgIpc) is 2.72. The molecule has 0 spiro atoms.